The molecule has 2 atom stereocenters. The Hall–Kier alpha value is -3.66. The molecule has 0 bridgehead atoms. The van der Waals surface area contributed by atoms with E-state index in [2.05, 4.69) is 4.98 Å². The number of amides is 2. The highest BCUT2D eigenvalue weighted by Crippen LogP contribution is 2.44. The van der Waals surface area contributed by atoms with E-state index in [-0.39, 0.29) is 34.6 Å². The maximum Gasteiger partial charge on any atom is 0.417 e. The fourth-order valence-corrected chi connectivity index (χ4v) is 4.58. The zero-order valence-corrected chi connectivity index (χ0v) is 18.6. The first-order valence-electron chi connectivity index (χ1n) is 10.4. The Morgan fingerprint density at radius 2 is 1.89 bits per heavy atom. The number of aromatic hydroxyl groups is 1. The van der Waals surface area contributed by atoms with Gasteiger partial charge in [-0.2, -0.15) is 13.2 Å². The number of carbonyl (C=O) groups excluding carboxylic acids is 2. The van der Waals surface area contributed by atoms with E-state index in [0.717, 1.165) is 17.2 Å². The maximum atomic E-state index is 14.6. The van der Waals surface area contributed by atoms with Crippen LogP contribution in [0.1, 0.15) is 51.1 Å². The Bertz CT molecular complexity index is 1320. The molecule has 2 aromatic carbocycles. The van der Waals surface area contributed by atoms with Crippen LogP contribution in [0.15, 0.2) is 54.9 Å². The van der Waals surface area contributed by atoms with Crippen molar-refractivity contribution in [3.05, 3.63) is 93.5 Å². The summed E-state index contributed by atoms with van der Waals surface area (Å²) in [5, 5.41) is 10.3. The number of fused-ring (bicyclic) bond motifs is 1. The predicted molar refractivity (Wildman–Crippen MR) is 118 cm³/mol. The van der Waals surface area contributed by atoms with Gasteiger partial charge in [0.05, 0.1) is 17.2 Å². The number of phenolic OH excluding ortho intramolecular Hbond substituents is 1. The van der Waals surface area contributed by atoms with Crippen molar-refractivity contribution in [3.63, 3.8) is 0 Å². The Balaban J connectivity index is 1.92. The summed E-state index contributed by atoms with van der Waals surface area (Å²) < 4.78 is 54.7. The molecule has 0 saturated carbocycles. The van der Waals surface area contributed by atoms with Gasteiger partial charge in [-0.05, 0) is 54.3 Å². The van der Waals surface area contributed by atoms with Crippen molar-refractivity contribution in [2.45, 2.75) is 31.1 Å². The average Bonchev–Trinajstić information content (AvgIpc) is 3.20. The normalized spacial score (nSPS) is 16.0. The van der Waals surface area contributed by atoms with Gasteiger partial charge in [0, 0.05) is 23.0 Å². The minimum Gasteiger partial charge on any atom is -0.507 e. The highest BCUT2D eigenvalue weighted by molar-refractivity contribution is 6.30. The number of nitrogens with two attached hydrogens (primary N) is 1. The van der Waals surface area contributed by atoms with E-state index in [9.17, 15) is 32.3 Å². The van der Waals surface area contributed by atoms with Crippen molar-refractivity contribution in [1.82, 2.24) is 9.88 Å². The highest BCUT2D eigenvalue weighted by atomic mass is 35.5. The molecule has 182 valence electrons. The van der Waals surface area contributed by atoms with Gasteiger partial charge in [-0.25, -0.2) is 4.39 Å². The van der Waals surface area contributed by atoms with E-state index in [1.54, 1.807) is 0 Å². The molecule has 1 heterocycles. The summed E-state index contributed by atoms with van der Waals surface area (Å²) in [5.74, 6) is -3.04. The van der Waals surface area contributed by atoms with Crippen molar-refractivity contribution < 1.29 is 32.3 Å². The maximum absolute atomic E-state index is 14.6. The van der Waals surface area contributed by atoms with Crippen LogP contribution in [0.5, 0.6) is 5.75 Å². The van der Waals surface area contributed by atoms with Crippen LogP contribution in [0.4, 0.5) is 17.6 Å². The molecule has 6 nitrogen and oxygen atoms in total. The van der Waals surface area contributed by atoms with Gasteiger partial charge in [-0.1, -0.05) is 23.7 Å². The number of alkyl halides is 3. The molecule has 1 unspecified atom stereocenters. The van der Waals surface area contributed by atoms with Gasteiger partial charge in [0.1, 0.15) is 17.6 Å². The van der Waals surface area contributed by atoms with Gasteiger partial charge in [-0.15, -0.1) is 0 Å². The van der Waals surface area contributed by atoms with Crippen LogP contribution in [0.25, 0.3) is 0 Å². The monoisotopic (exact) mass is 507 g/mol. The van der Waals surface area contributed by atoms with Gasteiger partial charge >= 0.3 is 6.18 Å². The predicted octanol–water partition coefficient (Wildman–Crippen LogP) is 4.95. The number of pyridine rings is 1. The Labute approximate surface area is 201 Å². The van der Waals surface area contributed by atoms with Gasteiger partial charge in [-0.3, -0.25) is 14.6 Å². The average molecular weight is 508 g/mol. The molecular formula is C24H18ClF4N3O3. The SMILES string of the molecule is NC(=O)C(c1cncc(C(F)(F)F)c1)N(C(=O)c1ccccc1O)[C@@H]1CCc2c(F)cc(Cl)cc21. The third-order valence-electron chi connectivity index (χ3n) is 5.88. The standard InChI is InChI=1S/C24H18ClF4N3O3/c25-14-8-17-15(18(26)9-14)5-6-19(17)32(23(35)16-3-1-2-4-20(16)33)21(22(30)34)12-7-13(11-31-10-12)24(27,28)29/h1-4,7-11,19,21,33H,5-6H2,(H2,30,34)/t19-,21?/m1/s1. The smallest absolute Gasteiger partial charge is 0.417 e. The van der Waals surface area contributed by atoms with Crippen LogP contribution in [-0.4, -0.2) is 26.8 Å². The van der Waals surface area contributed by atoms with Crippen LogP contribution in [0, 0.1) is 5.82 Å². The Kier molecular flexibility index (Phi) is 6.42. The van der Waals surface area contributed by atoms with Crippen molar-refractivity contribution in [3.8, 4) is 5.75 Å². The fourth-order valence-electron chi connectivity index (χ4n) is 4.37. The number of benzene rings is 2. The molecule has 1 aromatic heterocycles. The lowest BCUT2D eigenvalue weighted by atomic mass is 9.97. The summed E-state index contributed by atoms with van der Waals surface area (Å²) in [6.07, 6.45) is -2.86. The number of carbonyl (C=O) groups is 2. The second-order valence-electron chi connectivity index (χ2n) is 8.05. The third-order valence-corrected chi connectivity index (χ3v) is 6.09. The van der Waals surface area contributed by atoms with Gasteiger partial charge in [0.15, 0.2) is 0 Å². The van der Waals surface area contributed by atoms with Crippen molar-refractivity contribution in [2.75, 3.05) is 0 Å². The number of aromatic nitrogens is 1. The number of nitrogens with zero attached hydrogens (tertiary/aromatic N) is 2. The first-order valence-corrected chi connectivity index (χ1v) is 10.8. The molecule has 11 heteroatoms. The Morgan fingerprint density at radius 1 is 1.17 bits per heavy atom. The van der Waals surface area contributed by atoms with Crippen molar-refractivity contribution in [1.29, 1.82) is 0 Å². The molecule has 1 aliphatic rings. The van der Waals surface area contributed by atoms with Crippen LogP contribution in [0.3, 0.4) is 0 Å². The topological polar surface area (TPSA) is 96.5 Å². The van der Waals surface area contributed by atoms with Crippen molar-refractivity contribution in [2.24, 2.45) is 5.73 Å². The number of hydrogen-bond acceptors (Lipinski definition) is 4. The summed E-state index contributed by atoms with van der Waals surface area (Å²) in [4.78, 5) is 31.0. The highest BCUT2D eigenvalue weighted by Gasteiger charge is 2.42. The van der Waals surface area contributed by atoms with E-state index in [1.807, 2.05) is 0 Å². The molecule has 1 aliphatic carbocycles. The number of halogens is 5. The molecule has 0 fully saturated rings. The first-order chi connectivity index (χ1) is 16.5. The molecule has 3 N–H and O–H groups in total. The molecule has 2 amide bonds. The molecular weight excluding hydrogens is 490 g/mol. The molecule has 0 radical (unpaired) electrons. The molecule has 0 aliphatic heterocycles. The van der Waals surface area contributed by atoms with Crippen LogP contribution in [0.2, 0.25) is 5.02 Å². The molecule has 35 heavy (non-hydrogen) atoms. The van der Waals surface area contributed by atoms with E-state index >= 15 is 0 Å². The van der Waals surface area contributed by atoms with Crippen LogP contribution >= 0.6 is 11.6 Å². The molecule has 3 aromatic rings. The van der Waals surface area contributed by atoms with E-state index in [0.29, 0.717) is 17.8 Å². The van der Waals surface area contributed by atoms with Gasteiger partial charge < -0.3 is 15.7 Å². The Morgan fingerprint density at radius 3 is 2.54 bits per heavy atom. The number of rotatable bonds is 5. The summed E-state index contributed by atoms with van der Waals surface area (Å²) in [6.45, 7) is 0. The second kappa shape index (κ2) is 9.18. The van der Waals surface area contributed by atoms with Gasteiger partial charge in [0.2, 0.25) is 5.91 Å². The minimum absolute atomic E-state index is 0.0412. The fraction of sp³-hybridized carbons (Fsp3) is 0.208. The summed E-state index contributed by atoms with van der Waals surface area (Å²) >= 11 is 6.04. The minimum atomic E-state index is -4.77. The first kappa shape index (κ1) is 24.5. The van der Waals surface area contributed by atoms with Crippen molar-refractivity contribution >= 4 is 23.4 Å². The molecule has 4 rings (SSSR count). The zero-order chi connectivity index (χ0) is 25.5. The molecule has 0 spiro atoms. The zero-order valence-electron chi connectivity index (χ0n) is 17.9. The largest absolute Gasteiger partial charge is 0.507 e. The lowest BCUT2D eigenvalue weighted by Crippen LogP contribution is -2.43. The second-order valence-corrected chi connectivity index (χ2v) is 8.49. The number of primary amides is 1. The van der Waals surface area contributed by atoms with E-state index < -0.39 is 47.2 Å². The lowest BCUT2D eigenvalue weighted by molar-refractivity contribution is -0.138. The van der Waals surface area contributed by atoms with Crippen LogP contribution < -0.4 is 5.73 Å². The summed E-state index contributed by atoms with van der Waals surface area (Å²) in [6, 6.07) is 6.02. The van der Waals surface area contributed by atoms with Crippen LogP contribution in [-0.2, 0) is 17.4 Å². The summed E-state index contributed by atoms with van der Waals surface area (Å²) in [5.41, 5.74) is 4.55. The van der Waals surface area contributed by atoms with E-state index in [4.69, 9.17) is 17.3 Å². The lowest BCUT2D eigenvalue weighted by Gasteiger charge is -2.36. The number of para-hydroxylation sites is 1. The third kappa shape index (κ3) is 4.66. The van der Waals surface area contributed by atoms with E-state index in [1.165, 1.54) is 30.3 Å². The quantitative estimate of drug-likeness (QED) is 0.477. The number of hydrogen-bond donors (Lipinski definition) is 2. The molecule has 0 saturated heterocycles. The van der Waals surface area contributed by atoms with Gasteiger partial charge in [0.25, 0.3) is 5.91 Å². The summed E-state index contributed by atoms with van der Waals surface area (Å²) in [7, 11) is 0. The number of phenols is 1.